The van der Waals surface area contributed by atoms with Crippen LogP contribution < -0.4 is 16.2 Å². The van der Waals surface area contributed by atoms with Gasteiger partial charge in [-0.15, -0.1) is 0 Å². The molecule has 26 heavy (non-hydrogen) atoms. The number of hydrogen-bond donors (Lipinski definition) is 3. The molecule has 0 spiro atoms. The van der Waals surface area contributed by atoms with Gasteiger partial charge in [0.05, 0.1) is 11.3 Å². The molecule has 0 unspecified atom stereocenters. The van der Waals surface area contributed by atoms with Crippen molar-refractivity contribution < 1.29 is 9.90 Å². The largest absolute Gasteiger partial charge is 0.390 e. The van der Waals surface area contributed by atoms with Gasteiger partial charge in [0, 0.05) is 12.6 Å². The summed E-state index contributed by atoms with van der Waals surface area (Å²) in [6.45, 7) is 8.26. The fourth-order valence-electron chi connectivity index (χ4n) is 3.21. The molecule has 1 amide bonds. The van der Waals surface area contributed by atoms with E-state index in [1.54, 1.807) is 6.92 Å². The van der Waals surface area contributed by atoms with Crippen molar-refractivity contribution in [3.8, 4) is 0 Å². The van der Waals surface area contributed by atoms with Crippen LogP contribution in [0.2, 0.25) is 0 Å². The van der Waals surface area contributed by atoms with Gasteiger partial charge in [-0.05, 0) is 32.6 Å². The molecule has 142 valence electrons. The minimum absolute atomic E-state index is 0.0507. The number of fused-ring (bicyclic) bond motifs is 1. The Morgan fingerprint density at radius 1 is 1.46 bits per heavy atom. The van der Waals surface area contributed by atoms with Crippen molar-refractivity contribution in [2.45, 2.75) is 64.6 Å². The molecule has 8 nitrogen and oxygen atoms in total. The minimum Gasteiger partial charge on any atom is -0.390 e. The number of carbonyl (C=O) groups is 1. The SMILES string of the molecule is CCNc1nc2c(C(C)C)nn(CC(=O)NC3CC(C)(O)C3)c(=O)c2s1. The molecule has 0 aromatic carbocycles. The molecule has 2 heterocycles. The van der Waals surface area contributed by atoms with Crippen LogP contribution in [0.1, 0.15) is 52.1 Å². The van der Waals surface area contributed by atoms with E-state index in [0.717, 1.165) is 0 Å². The molecule has 2 aromatic heterocycles. The summed E-state index contributed by atoms with van der Waals surface area (Å²) >= 11 is 1.29. The van der Waals surface area contributed by atoms with Gasteiger partial charge in [-0.1, -0.05) is 25.2 Å². The maximum absolute atomic E-state index is 12.8. The number of aromatic nitrogens is 3. The molecular weight excluding hydrogens is 354 g/mol. The van der Waals surface area contributed by atoms with E-state index in [1.807, 2.05) is 20.8 Å². The monoisotopic (exact) mass is 379 g/mol. The highest BCUT2D eigenvalue weighted by Crippen LogP contribution is 2.31. The Labute approximate surface area is 155 Å². The van der Waals surface area contributed by atoms with Crippen LogP contribution in [0.3, 0.4) is 0 Å². The molecule has 2 aromatic rings. The number of hydrogen-bond acceptors (Lipinski definition) is 7. The first kappa shape index (κ1) is 18.8. The Kier molecular flexibility index (Phi) is 5.03. The van der Waals surface area contributed by atoms with Crippen LogP contribution in [0, 0.1) is 0 Å². The number of nitrogens with one attached hydrogen (secondary N) is 2. The summed E-state index contributed by atoms with van der Waals surface area (Å²) in [5.74, 6) is -0.198. The van der Waals surface area contributed by atoms with Crippen molar-refractivity contribution in [2.24, 2.45) is 0 Å². The smallest absolute Gasteiger partial charge is 0.286 e. The van der Waals surface area contributed by atoms with Crippen molar-refractivity contribution in [1.82, 2.24) is 20.1 Å². The summed E-state index contributed by atoms with van der Waals surface area (Å²) in [5.41, 5.74) is 0.307. The highest BCUT2D eigenvalue weighted by atomic mass is 32.1. The average molecular weight is 379 g/mol. The first-order chi connectivity index (χ1) is 12.2. The molecule has 1 aliphatic carbocycles. The summed E-state index contributed by atoms with van der Waals surface area (Å²) < 4.78 is 1.73. The Morgan fingerprint density at radius 2 is 2.15 bits per heavy atom. The minimum atomic E-state index is -0.706. The van der Waals surface area contributed by atoms with Crippen molar-refractivity contribution >= 4 is 32.6 Å². The lowest BCUT2D eigenvalue weighted by molar-refractivity contribution is -0.125. The van der Waals surface area contributed by atoms with Gasteiger partial charge >= 0.3 is 0 Å². The predicted octanol–water partition coefficient (Wildman–Crippen LogP) is 1.44. The summed E-state index contributed by atoms with van der Waals surface area (Å²) in [6, 6.07) is -0.0507. The number of rotatable bonds is 6. The third-order valence-corrected chi connectivity index (χ3v) is 5.43. The summed E-state index contributed by atoms with van der Waals surface area (Å²) in [6.07, 6.45) is 1.05. The fourth-order valence-corrected chi connectivity index (χ4v) is 4.20. The Morgan fingerprint density at radius 3 is 2.73 bits per heavy atom. The van der Waals surface area contributed by atoms with Crippen LogP contribution in [0.4, 0.5) is 5.13 Å². The van der Waals surface area contributed by atoms with Crippen molar-refractivity contribution in [2.75, 3.05) is 11.9 Å². The van der Waals surface area contributed by atoms with E-state index in [1.165, 1.54) is 16.0 Å². The molecule has 0 saturated heterocycles. The van der Waals surface area contributed by atoms with Crippen LogP contribution in [0.15, 0.2) is 4.79 Å². The summed E-state index contributed by atoms with van der Waals surface area (Å²) in [7, 11) is 0. The topological polar surface area (TPSA) is 109 Å². The van der Waals surface area contributed by atoms with Gasteiger partial charge in [-0.25, -0.2) is 9.67 Å². The van der Waals surface area contributed by atoms with Crippen molar-refractivity contribution in [1.29, 1.82) is 0 Å². The van der Waals surface area contributed by atoms with Gasteiger partial charge in [0.15, 0.2) is 5.13 Å². The predicted molar refractivity (Wildman–Crippen MR) is 102 cm³/mol. The highest BCUT2D eigenvalue weighted by Gasteiger charge is 2.39. The van der Waals surface area contributed by atoms with E-state index >= 15 is 0 Å². The standard InChI is InChI=1S/C17H25N5O3S/c1-5-18-16-20-13-12(9(2)3)21-22(15(24)14(13)26-16)8-11(23)19-10-6-17(4,25)7-10/h9-10,25H,5-8H2,1-4H3,(H,18,20)(H,19,23). The van der Waals surface area contributed by atoms with Crippen LogP contribution in [-0.4, -0.2) is 44.0 Å². The second kappa shape index (κ2) is 6.96. The van der Waals surface area contributed by atoms with Gasteiger partial charge in [0.2, 0.25) is 5.91 Å². The first-order valence-corrected chi connectivity index (χ1v) is 9.69. The zero-order valence-corrected chi connectivity index (χ0v) is 16.3. The van der Waals surface area contributed by atoms with Gasteiger partial charge in [0.25, 0.3) is 5.56 Å². The number of amides is 1. The number of thiazole rings is 1. The van der Waals surface area contributed by atoms with E-state index in [-0.39, 0.29) is 30.0 Å². The molecule has 0 bridgehead atoms. The van der Waals surface area contributed by atoms with Crippen molar-refractivity contribution in [3.63, 3.8) is 0 Å². The zero-order valence-electron chi connectivity index (χ0n) is 15.5. The van der Waals surface area contributed by atoms with Crippen LogP contribution in [0.25, 0.3) is 10.2 Å². The van der Waals surface area contributed by atoms with E-state index in [4.69, 9.17) is 0 Å². The Bertz CT molecular complexity index is 878. The number of carbonyl (C=O) groups excluding carboxylic acids is 1. The molecule has 1 aliphatic rings. The van der Waals surface area contributed by atoms with E-state index in [2.05, 4.69) is 20.7 Å². The van der Waals surface area contributed by atoms with Gasteiger partial charge in [-0.3, -0.25) is 9.59 Å². The van der Waals surface area contributed by atoms with Gasteiger partial charge in [0.1, 0.15) is 16.8 Å². The third-order valence-electron chi connectivity index (χ3n) is 4.43. The maximum Gasteiger partial charge on any atom is 0.286 e. The molecule has 3 N–H and O–H groups in total. The molecule has 0 atom stereocenters. The van der Waals surface area contributed by atoms with Crippen LogP contribution in [0.5, 0.6) is 0 Å². The van der Waals surface area contributed by atoms with E-state index in [9.17, 15) is 14.7 Å². The average Bonchev–Trinajstić information content (AvgIpc) is 2.92. The van der Waals surface area contributed by atoms with Gasteiger partial charge < -0.3 is 15.7 Å². The normalized spacial score (nSPS) is 22.5. The quantitative estimate of drug-likeness (QED) is 0.701. The molecule has 9 heteroatoms. The summed E-state index contributed by atoms with van der Waals surface area (Å²) in [4.78, 5) is 29.5. The maximum atomic E-state index is 12.8. The number of anilines is 1. The molecule has 0 aliphatic heterocycles. The molecular formula is C17H25N5O3S. The highest BCUT2D eigenvalue weighted by molar-refractivity contribution is 7.22. The van der Waals surface area contributed by atoms with E-state index < -0.39 is 5.60 Å². The third kappa shape index (κ3) is 3.73. The molecule has 1 fully saturated rings. The van der Waals surface area contributed by atoms with Crippen LogP contribution >= 0.6 is 11.3 Å². The lowest BCUT2D eigenvalue weighted by Crippen LogP contribution is -2.54. The molecule has 1 saturated carbocycles. The van der Waals surface area contributed by atoms with Gasteiger partial charge in [-0.2, -0.15) is 5.10 Å². The first-order valence-electron chi connectivity index (χ1n) is 8.87. The number of aliphatic hydroxyl groups is 1. The second-order valence-corrected chi connectivity index (χ2v) is 8.40. The Hall–Kier alpha value is -2.00. The van der Waals surface area contributed by atoms with Crippen LogP contribution in [-0.2, 0) is 11.3 Å². The lowest BCUT2D eigenvalue weighted by Gasteiger charge is -2.41. The zero-order chi connectivity index (χ0) is 19.1. The summed E-state index contributed by atoms with van der Waals surface area (Å²) in [5, 5.41) is 20.8. The second-order valence-electron chi connectivity index (χ2n) is 7.40. The lowest BCUT2D eigenvalue weighted by atomic mass is 9.77. The molecule has 0 radical (unpaired) electrons. The fraction of sp³-hybridized carbons (Fsp3) is 0.647. The van der Waals surface area contributed by atoms with Crippen molar-refractivity contribution in [3.05, 3.63) is 16.0 Å². The molecule has 3 rings (SSSR count). The number of nitrogens with zero attached hydrogens (tertiary/aromatic N) is 3. The van der Waals surface area contributed by atoms with E-state index in [0.29, 0.717) is 40.4 Å². The Balaban J connectivity index is 1.87.